The molecule has 0 atom stereocenters. The van der Waals surface area contributed by atoms with E-state index >= 15 is 0 Å². The molecule has 0 spiro atoms. The van der Waals surface area contributed by atoms with Crippen LogP contribution in [0.1, 0.15) is 0 Å². The molecule has 0 unspecified atom stereocenters. The van der Waals surface area contributed by atoms with Gasteiger partial charge in [-0.2, -0.15) is 0 Å². The molecule has 43 heavy (non-hydrogen) atoms. The normalized spacial score (nSPS) is 12.2. The molecule has 0 fully saturated rings. The Morgan fingerprint density at radius 2 is 1.02 bits per heavy atom. The van der Waals surface area contributed by atoms with Crippen molar-refractivity contribution in [3.05, 3.63) is 134 Å². The van der Waals surface area contributed by atoms with Crippen LogP contribution >= 0.6 is 11.3 Å². The van der Waals surface area contributed by atoms with Gasteiger partial charge < -0.3 is 8.83 Å². The van der Waals surface area contributed by atoms with Gasteiger partial charge in [-0.05, 0) is 74.1 Å². The molecule has 3 aromatic heterocycles. The maximum Gasteiger partial charge on any atom is 0.178 e. The first-order chi connectivity index (χ1) is 21.3. The molecule has 0 amide bonds. The Kier molecular flexibility index (Phi) is 4.63. The van der Waals surface area contributed by atoms with Gasteiger partial charge in [0.15, 0.2) is 11.2 Å². The molecule has 0 aliphatic heterocycles. The molecule has 3 heterocycles. The molecule has 0 bridgehead atoms. The van der Waals surface area contributed by atoms with Crippen molar-refractivity contribution in [3.63, 3.8) is 0 Å². The first kappa shape index (κ1) is 23.2. The number of benzene rings is 7. The first-order valence-corrected chi connectivity index (χ1v) is 15.3. The fourth-order valence-corrected chi connectivity index (χ4v) is 8.33. The Labute approximate surface area is 250 Å². The van der Waals surface area contributed by atoms with E-state index in [4.69, 9.17) is 8.83 Å². The van der Waals surface area contributed by atoms with Crippen LogP contribution in [0.2, 0.25) is 0 Å². The van der Waals surface area contributed by atoms with Crippen LogP contribution in [0.15, 0.2) is 142 Å². The van der Waals surface area contributed by atoms with E-state index in [1.807, 2.05) is 23.5 Å². The maximum atomic E-state index is 6.34. The Morgan fingerprint density at radius 1 is 0.419 bits per heavy atom. The lowest BCUT2D eigenvalue weighted by Crippen LogP contribution is -1.91. The highest BCUT2D eigenvalue weighted by atomic mass is 32.1. The van der Waals surface area contributed by atoms with E-state index in [1.54, 1.807) is 6.26 Å². The Hall–Kier alpha value is -5.38. The van der Waals surface area contributed by atoms with Gasteiger partial charge in [-0.3, -0.25) is 0 Å². The number of rotatable bonds is 2. The van der Waals surface area contributed by atoms with Gasteiger partial charge in [0.25, 0.3) is 0 Å². The first-order valence-electron chi connectivity index (χ1n) is 14.5. The summed E-state index contributed by atoms with van der Waals surface area (Å²) in [4.78, 5) is 0. The number of fused-ring (bicyclic) bond motifs is 10. The topological polar surface area (TPSA) is 26.3 Å². The van der Waals surface area contributed by atoms with E-state index < -0.39 is 0 Å². The summed E-state index contributed by atoms with van der Waals surface area (Å²) in [5, 5.41) is 10.8. The molecule has 0 N–H and O–H groups in total. The summed E-state index contributed by atoms with van der Waals surface area (Å²) in [6.07, 6.45) is 1.78. The molecule has 2 nitrogen and oxygen atoms in total. The third-order valence-electron chi connectivity index (χ3n) is 8.96. The average Bonchev–Trinajstić information content (AvgIpc) is 3.79. The van der Waals surface area contributed by atoms with Crippen LogP contribution in [0.25, 0.3) is 96.9 Å². The van der Waals surface area contributed by atoms with Crippen molar-refractivity contribution < 1.29 is 8.83 Å². The molecule has 0 aliphatic carbocycles. The minimum absolute atomic E-state index is 0.787. The molecule has 10 rings (SSSR count). The highest BCUT2D eigenvalue weighted by Gasteiger charge is 2.23. The Balaban J connectivity index is 1.40. The lowest BCUT2D eigenvalue weighted by Gasteiger charge is -2.19. The second-order valence-corrected chi connectivity index (χ2v) is 12.3. The number of para-hydroxylation sites is 1. The predicted molar refractivity (Wildman–Crippen MR) is 182 cm³/mol. The van der Waals surface area contributed by atoms with Gasteiger partial charge in [0.2, 0.25) is 0 Å². The quantitative estimate of drug-likeness (QED) is 0.195. The highest BCUT2D eigenvalue weighted by Crippen LogP contribution is 2.50. The number of hydrogen-bond acceptors (Lipinski definition) is 3. The third kappa shape index (κ3) is 3.12. The van der Waals surface area contributed by atoms with Gasteiger partial charge in [0.1, 0.15) is 5.58 Å². The van der Waals surface area contributed by atoms with Crippen LogP contribution in [0.3, 0.4) is 0 Å². The van der Waals surface area contributed by atoms with Gasteiger partial charge in [-0.15, -0.1) is 11.3 Å². The monoisotopic (exact) mass is 566 g/mol. The zero-order valence-electron chi connectivity index (χ0n) is 22.9. The highest BCUT2D eigenvalue weighted by molar-refractivity contribution is 7.25. The molecule has 0 aliphatic rings. The van der Waals surface area contributed by atoms with Crippen molar-refractivity contribution >= 4 is 86.0 Å². The van der Waals surface area contributed by atoms with Gasteiger partial charge >= 0.3 is 0 Å². The summed E-state index contributed by atoms with van der Waals surface area (Å²) in [7, 11) is 0. The van der Waals surface area contributed by atoms with Crippen molar-refractivity contribution in [1.82, 2.24) is 0 Å². The minimum Gasteiger partial charge on any atom is -0.460 e. The molecule has 0 radical (unpaired) electrons. The molecule has 200 valence electrons. The van der Waals surface area contributed by atoms with Crippen molar-refractivity contribution in [3.8, 4) is 22.3 Å². The molecular weight excluding hydrogens is 545 g/mol. The zero-order chi connectivity index (χ0) is 28.1. The van der Waals surface area contributed by atoms with Gasteiger partial charge in [0.05, 0.1) is 6.26 Å². The van der Waals surface area contributed by atoms with Crippen molar-refractivity contribution in [2.75, 3.05) is 0 Å². The second-order valence-electron chi connectivity index (χ2n) is 11.2. The molecule has 7 aromatic carbocycles. The lowest BCUT2D eigenvalue weighted by atomic mass is 9.84. The minimum atomic E-state index is 0.787. The van der Waals surface area contributed by atoms with E-state index in [0.29, 0.717) is 0 Å². The van der Waals surface area contributed by atoms with Gasteiger partial charge in [-0.1, -0.05) is 97.1 Å². The average molecular weight is 567 g/mol. The molecule has 3 heteroatoms. The number of furan rings is 2. The van der Waals surface area contributed by atoms with Gasteiger partial charge in [0, 0.05) is 36.3 Å². The fraction of sp³-hybridized carbons (Fsp3) is 0. The Morgan fingerprint density at radius 3 is 1.77 bits per heavy atom. The van der Waals surface area contributed by atoms with Gasteiger partial charge in [-0.25, -0.2) is 0 Å². The van der Waals surface area contributed by atoms with E-state index in [2.05, 4.69) is 115 Å². The van der Waals surface area contributed by atoms with Crippen LogP contribution < -0.4 is 0 Å². The smallest absolute Gasteiger partial charge is 0.178 e. The van der Waals surface area contributed by atoms with Crippen LogP contribution in [0.5, 0.6) is 0 Å². The van der Waals surface area contributed by atoms with Crippen LogP contribution in [-0.4, -0.2) is 0 Å². The van der Waals surface area contributed by atoms with Crippen LogP contribution in [0, 0.1) is 0 Å². The largest absolute Gasteiger partial charge is 0.460 e. The van der Waals surface area contributed by atoms with E-state index in [0.717, 1.165) is 38.5 Å². The second kappa shape index (κ2) is 8.57. The molecular formula is C40H22O2S. The van der Waals surface area contributed by atoms with Crippen molar-refractivity contribution in [2.24, 2.45) is 0 Å². The van der Waals surface area contributed by atoms with Crippen LogP contribution in [0.4, 0.5) is 0 Å². The summed E-state index contributed by atoms with van der Waals surface area (Å²) < 4.78 is 15.1. The van der Waals surface area contributed by atoms with E-state index in [9.17, 15) is 0 Å². The standard InChI is InChI=1S/C40H22O2S/c1-3-13-26-24(11-1)36(30-16-9-19-35-38(30)29-15-6-8-18-34(29)43-35)25-12-2-4-14-27(25)37(26)31-22-32-23-10-5-7-17-33(23)42-40(32)39-28(31)20-21-41-39/h1-22H. The number of thiophene rings is 1. The molecule has 10 aromatic rings. The summed E-state index contributed by atoms with van der Waals surface area (Å²) in [5.74, 6) is 0. The molecule has 0 saturated heterocycles. The number of hydrogen-bond donors (Lipinski definition) is 0. The SMILES string of the molecule is c1ccc2c(c1)oc1c2cc(-c2c3ccccc3c(-c3cccc4sc5ccccc5c34)c3ccccc23)c2ccoc21. The third-order valence-corrected chi connectivity index (χ3v) is 10.1. The summed E-state index contributed by atoms with van der Waals surface area (Å²) in [6.45, 7) is 0. The molecule has 0 saturated carbocycles. The maximum absolute atomic E-state index is 6.34. The van der Waals surface area contributed by atoms with Crippen molar-refractivity contribution in [1.29, 1.82) is 0 Å². The zero-order valence-corrected chi connectivity index (χ0v) is 23.7. The fourth-order valence-electron chi connectivity index (χ4n) is 7.20. The van der Waals surface area contributed by atoms with Crippen molar-refractivity contribution in [2.45, 2.75) is 0 Å². The predicted octanol–water partition coefficient (Wildman–Crippen LogP) is 12.3. The lowest BCUT2D eigenvalue weighted by molar-refractivity contribution is 0.600. The summed E-state index contributed by atoms with van der Waals surface area (Å²) in [6, 6.07) is 45.9. The van der Waals surface area contributed by atoms with E-state index in [1.165, 1.54) is 58.4 Å². The Bertz CT molecular complexity index is 2680. The van der Waals surface area contributed by atoms with Crippen LogP contribution in [-0.2, 0) is 0 Å². The summed E-state index contributed by atoms with van der Waals surface area (Å²) >= 11 is 1.87. The summed E-state index contributed by atoms with van der Waals surface area (Å²) in [5.41, 5.74) is 7.38. The van der Waals surface area contributed by atoms with E-state index in [-0.39, 0.29) is 0 Å².